The van der Waals surface area contributed by atoms with Crippen LogP contribution in [0.3, 0.4) is 0 Å². The Bertz CT molecular complexity index is 2510. The van der Waals surface area contributed by atoms with E-state index in [1.807, 2.05) is 30.3 Å². The summed E-state index contributed by atoms with van der Waals surface area (Å²) in [7, 11) is 2.13. The zero-order valence-corrected chi connectivity index (χ0v) is 23.6. The number of imidazole rings is 1. The van der Waals surface area contributed by atoms with E-state index >= 15 is 0 Å². The molecule has 0 unspecified atom stereocenters. The predicted octanol–water partition coefficient (Wildman–Crippen LogP) is 6.75. The highest BCUT2D eigenvalue weighted by Gasteiger charge is 2.41. The summed E-state index contributed by atoms with van der Waals surface area (Å²) in [6.07, 6.45) is 0. The van der Waals surface area contributed by atoms with Gasteiger partial charge in [-0.1, -0.05) is 66.7 Å². The van der Waals surface area contributed by atoms with E-state index in [1.54, 1.807) is 0 Å². The number of aromatic nitrogens is 2. The Balaban J connectivity index is 1.25. The van der Waals surface area contributed by atoms with Crippen molar-refractivity contribution < 1.29 is 18.5 Å². The monoisotopic (exact) mass is 555 g/mol. The van der Waals surface area contributed by atoms with E-state index in [9.17, 15) is 0 Å². The quantitative estimate of drug-likeness (QED) is 0.180. The van der Waals surface area contributed by atoms with E-state index in [0.29, 0.717) is 0 Å². The Kier molecular flexibility index (Phi) is 4.34. The smallest absolute Gasteiger partial charge is 0.291 e. The van der Waals surface area contributed by atoms with Crippen LogP contribution in [0.15, 0.2) is 108 Å². The molecule has 6 heteroatoms. The summed E-state index contributed by atoms with van der Waals surface area (Å²) in [5.41, 5.74) is 9.37. The Labute approximate surface area is 247 Å². The largest absolute Gasteiger partial charge is 0.458 e. The summed E-state index contributed by atoms with van der Waals surface area (Å²) in [5, 5.41) is 4.55. The molecule has 2 aliphatic heterocycles. The van der Waals surface area contributed by atoms with Crippen molar-refractivity contribution in [2.24, 2.45) is 7.05 Å². The predicted molar refractivity (Wildman–Crippen MR) is 172 cm³/mol. The number of aryl methyl sites for hydroxylation is 2. The Morgan fingerprint density at radius 3 is 2.35 bits per heavy atom. The number of fused-ring (bicyclic) bond motifs is 11. The van der Waals surface area contributed by atoms with Gasteiger partial charge in [0.05, 0.1) is 7.05 Å². The maximum atomic E-state index is 6.91. The average molecular weight is 555 g/mol. The number of hydrogen-bond donors (Lipinski definition) is 1. The second-order valence-electron chi connectivity index (χ2n) is 11.7. The first kappa shape index (κ1) is 23.1. The molecular formula is C37H24BN2O3+. The van der Waals surface area contributed by atoms with Gasteiger partial charge in [-0.25, -0.2) is 9.55 Å². The van der Waals surface area contributed by atoms with Gasteiger partial charge in [-0.15, -0.1) is 0 Å². The number of H-pyrrole nitrogens is 1. The Morgan fingerprint density at radius 2 is 1.42 bits per heavy atom. The lowest BCUT2D eigenvalue weighted by Crippen LogP contribution is -2.57. The number of hydrogen-bond acceptors (Lipinski definition) is 3. The van der Waals surface area contributed by atoms with Crippen LogP contribution in [0.25, 0.3) is 55.1 Å². The van der Waals surface area contributed by atoms with Gasteiger partial charge in [-0.2, -0.15) is 0 Å². The van der Waals surface area contributed by atoms with Crippen LogP contribution in [-0.2, 0) is 7.05 Å². The van der Waals surface area contributed by atoms with Crippen molar-refractivity contribution in [1.82, 2.24) is 4.98 Å². The number of benzene rings is 6. The third-order valence-corrected chi connectivity index (χ3v) is 9.35. The van der Waals surface area contributed by atoms with Crippen molar-refractivity contribution in [2.75, 3.05) is 0 Å². The molecule has 0 aliphatic carbocycles. The molecule has 5 nitrogen and oxygen atoms in total. The maximum absolute atomic E-state index is 6.91. The molecule has 0 fully saturated rings. The topological polar surface area (TPSA) is 51.3 Å². The summed E-state index contributed by atoms with van der Waals surface area (Å²) in [6, 6.07) is 35.9. The molecule has 6 aromatic carbocycles. The Hall–Kier alpha value is -5.49. The second-order valence-corrected chi connectivity index (χ2v) is 11.7. The highest BCUT2D eigenvalue weighted by Crippen LogP contribution is 2.43. The van der Waals surface area contributed by atoms with Gasteiger partial charge in [-0.3, -0.25) is 0 Å². The van der Waals surface area contributed by atoms with E-state index in [4.69, 9.17) is 13.9 Å². The van der Waals surface area contributed by atoms with E-state index < -0.39 is 0 Å². The first-order chi connectivity index (χ1) is 21.2. The van der Waals surface area contributed by atoms with Gasteiger partial charge >= 0.3 is 0 Å². The molecule has 2 aliphatic rings. The van der Waals surface area contributed by atoms with Crippen molar-refractivity contribution in [1.29, 1.82) is 0 Å². The summed E-state index contributed by atoms with van der Waals surface area (Å²) in [5.74, 6) is 4.31. The van der Waals surface area contributed by atoms with Crippen LogP contribution in [0.4, 0.5) is 0 Å². The number of nitrogens with one attached hydrogen (secondary N) is 1. The van der Waals surface area contributed by atoms with Gasteiger partial charge < -0.3 is 13.9 Å². The minimum atomic E-state index is -0.00138. The fourth-order valence-corrected chi connectivity index (χ4v) is 7.40. The molecule has 0 bridgehead atoms. The molecule has 0 radical (unpaired) electrons. The number of nitrogens with zero attached hydrogens (tertiary/aromatic N) is 1. The molecule has 202 valence electrons. The van der Waals surface area contributed by atoms with Crippen molar-refractivity contribution >= 4 is 66.8 Å². The van der Waals surface area contributed by atoms with Crippen LogP contribution in [0.2, 0.25) is 0 Å². The van der Waals surface area contributed by atoms with Gasteiger partial charge in [0.25, 0.3) is 12.5 Å². The normalized spacial score (nSPS) is 13.2. The molecule has 0 spiro atoms. The summed E-state index contributed by atoms with van der Waals surface area (Å²) >= 11 is 0. The van der Waals surface area contributed by atoms with E-state index in [-0.39, 0.29) is 6.71 Å². The lowest BCUT2D eigenvalue weighted by atomic mass is 9.35. The first-order valence-electron chi connectivity index (χ1n) is 14.6. The minimum Gasteiger partial charge on any atom is -0.458 e. The SMILES string of the molecule is Cc1ccc2c(oc3c4c(ccc32)B2c3ccccc3Oc3cccc(c32)O4)c1-c1[nH]c2ccc3ccccc3c2[n+]1C. The van der Waals surface area contributed by atoms with Crippen molar-refractivity contribution in [3.05, 3.63) is 109 Å². The maximum Gasteiger partial charge on any atom is 0.291 e. The number of aromatic amines is 1. The van der Waals surface area contributed by atoms with Crippen molar-refractivity contribution in [3.63, 3.8) is 0 Å². The minimum absolute atomic E-state index is 0.00138. The number of ether oxygens (including phenoxy) is 2. The highest BCUT2D eigenvalue weighted by molar-refractivity contribution is 6.98. The second kappa shape index (κ2) is 8.08. The molecule has 0 saturated carbocycles. The third-order valence-electron chi connectivity index (χ3n) is 9.35. The van der Waals surface area contributed by atoms with Gasteiger partial charge in [0, 0.05) is 21.6 Å². The van der Waals surface area contributed by atoms with Gasteiger partial charge in [0.2, 0.25) is 0 Å². The molecule has 43 heavy (non-hydrogen) atoms. The van der Waals surface area contributed by atoms with Gasteiger partial charge in [0.1, 0.15) is 22.8 Å². The molecule has 4 heterocycles. The van der Waals surface area contributed by atoms with Gasteiger partial charge in [0.15, 0.2) is 27.9 Å². The molecule has 0 atom stereocenters. The summed E-state index contributed by atoms with van der Waals surface area (Å²) in [6.45, 7) is 2.15. The van der Waals surface area contributed by atoms with Gasteiger partial charge in [-0.05, 0) is 65.2 Å². The third kappa shape index (κ3) is 2.95. The van der Waals surface area contributed by atoms with E-state index in [2.05, 4.69) is 96.3 Å². The Morgan fingerprint density at radius 1 is 0.651 bits per heavy atom. The molecule has 0 amide bonds. The standard InChI is InChI=1S/C37H23BN2O3/c1-20-14-16-23-24-17-18-26-36(42-30-13-7-12-29-32(30)38(26)25-10-5-6-11-28(25)41-29)35(24)43-34(23)31(20)37-39-27-19-15-21-8-3-4-9-22(21)33(27)40(37)2/h3-19H,1-2H3/p+1. The zero-order valence-electron chi connectivity index (χ0n) is 23.6. The molecule has 2 aromatic heterocycles. The van der Waals surface area contributed by atoms with Crippen LogP contribution >= 0.6 is 0 Å². The molecule has 0 saturated heterocycles. The lowest BCUT2D eigenvalue weighted by Gasteiger charge is -2.32. The first-order valence-corrected chi connectivity index (χ1v) is 14.6. The lowest BCUT2D eigenvalue weighted by molar-refractivity contribution is -0.632. The molecular weight excluding hydrogens is 531 g/mol. The summed E-state index contributed by atoms with van der Waals surface area (Å²) < 4.78 is 22.2. The van der Waals surface area contributed by atoms with Crippen LogP contribution in [0.5, 0.6) is 23.0 Å². The van der Waals surface area contributed by atoms with E-state index in [1.165, 1.54) is 16.3 Å². The number of para-hydroxylation sites is 1. The highest BCUT2D eigenvalue weighted by atomic mass is 16.5. The fourth-order valence-electron chi connectivity index (χ4n) is 7.40. The fraction of sp³-hybridized carbons (Fsp3) is 0.0541. The van der Waals surface area contributed by atoms with Crippen LogP contribution in [-0.4, -0.2) is 11.7 Å². The number of furan rings is 1. The molecule has 1 N–H and O–H groups in total. The van der Waals surface area contributed by atoms with Crippen LogP contribution < -0.4 is 30.4 Å². The van der Waals surface area contributed by atoms with Crippen molar-refractivity contribution in [3.8, 4) is 34.4 Å². The van der Waals surface area contributed by atoms with E-state index in [0.717, 1.165) is 83.8 Å². The average Bonchev–Trinajstić information content (AvgIpc) is 3.58. The number of rotatable bonds is 1. The molecule has 10 rings (SSSR count). The summed E-state index contributed by atoms with van der Waals surface area (Å²) in [4.78, 5) is 3.72. The van der Waals surface area contributed by atoms with Crippen LogP contribution in [0.1, 0.15) is 5.56 Å². The molecule has 8 aromatic rings. The zero-order chi connectivity index (χ0) is 28.4. The van der Waals surface area contributed by atoms with Crippen LogP contribution in [0, 0.1) is 6.92 Å². The van der Waals surface area contributed by atoms with Crippen molar-refractivity contribution in [2.45, 2.75) is 6.92 Å².